The third kappa shape index (κ3) is 3.40. The van der Waals surface area contributed by atoms with E-state index < -0.39 is 0 Å². The minimum Gasteiger partial charge on any atom is -0.325 e. The third-order valence-electron chi connectivity index (χ3n) is 4.17. The molecule has 3 rings (SSSR count). The first-order valence-electron chi connectivity index (χ1n) is 7.22. The van der Waals surface area contributed by atoms with Gasteiger partial charge in [0.2, 0.25) is 5.91 Å². The van der Waals surface area contributed by atoms with Gasteiger partial charge in [-0.2, -0.15) is 0 Å². The summed E-state index contributed by atoms with van der Waals surface area (Å²) >= 11 is 3.39. The second kappa shape index (κ2) is 6.24. The fourth-order valence-corrected chi connectivity index (χ4v) is 3.47. The number of hydrogen-bond donors (Lipinski definition) is 2. The number of hydrogen-bond acceptors (Lipinski definition) is 3. The summed E-state index contributed by atoms with van der Waals surface area (Å²) in [5.41, 5.74) is 0.855. The van der Waals surface area contributed by atoms with E-state index in [4.69, 9.17) is 0 Å². The Labute approximate surface area is 128 Å². The first kappa shape index (κ1) is 14.0. The highest BCUT2D eigenvalue weighted by Gasteiger charge is 2.34. The van der Waals surface area contributed by atoms with Crippen LogP contribution in [0.3, 0.4) is 0 Å². The molecule has 2 fully saturated rings. The van der Waals surface area contributed by atoms with Crippen molar-refractivity contribution in [3.8, 4) is 0 Å². The predicted octanol–water partition coefficient (Wildman–Crippen LogP) is 2.07. The van der Waals surface area contributed by atoms with Crippen LogP contribution >= 0.6 is 15.9 Å². The number of halogens is 1. The van der Waals surface area contributed by atoms with Crippen LogP contribution in [0.25, 0.3) is 0 Å². The van der Waals surface area contributed by atoms with Crippen LogP contribution in [0.4, 0.5) is 5.69 Å². The van der Waals surface area contributed by atoms with Crippen LogP contribution in [0.2, 0.25) is 0 Å². The molecule has 0 unspecified atom stereocenters. The molecule has 20 heavy (non-hydrogen) atoms. The summed E-state index contributed by atoms with van der Waals surface area (Å²) < 4.78 is 1.02. The molecule has 0 aliphatic carbocycles. The zero-order valence-electron chi connectivity index (χ0n) is 11.4. The zero-order chi connectivity index (χ0) is 13.9. The molecule has 108 valence electrons. The third-order valence-corrected chi connectivity index (χ3v) is 4.70. The summed E-state index contributed by atoms with van der Waals surface area (Å²) in [5.74, 6) is 0.801. The second-order valence-electron chi connectivity index (χ2n) is 5.71. The van der Waals surface area contributed by atoms with Crippen LogP contribution in [0.1, 0.15) is 12.8 Å². The predicted molar refractivity (Wildman–Crippen MR) is 83.7 cm³/mol. The van der Waals surface area contributed by atoms with Gasteiger partial charge in [0.15, 0.2) is 0 Å². The molecule has 2 saturated heterocycles. The van der Waals surface area contributed by atoms with E-state index in [9.17, 15) is 4.79 Å². The normalized spacial score (nSPS) is 26.2. The monoisotopic (exact) mass is 337 g/mol. The number of fused-ring (bicyclic) bond motifs is 1. The molecule has 0 radical (unpaired) electrons. The van der Waals surface area contributed by atoms with Gasteiger partial charge < -0.3 is 10.6 Å². The molecule has 2 atom stereocenters. The Morgan fingerprint density at radius 3 is 2.90 bits per heavy atom. The van der Waals surface area contributed by atoms with Crippen molar-refractivity contribution in [1.82, 2.24) is 10.2 Å². The molecule has 2 heterocycles. The topological polar surface area (TPSA) is 44.4 Å². The molecule has 0 bridgehead atoms. The van der Waals surface area contributed by atoms with Gasteiger partial charge in [-0.3, -0.25) is 9.69 Å². The average molecular weight is 338 g/mol. The number of carbonyl (C=O) groups excluding carboxylic acids is 1. The van der Waals surface area contributed by atoms with E-state index in [1.807, 2.05) is 24.3 Å². The molecule has 1 aromatic rings. The summed E-state index contributed by atoms with van der Waals surface area (Å²) in [6.07, 6.45) is 2.56. The van der Waals surface area contributed by atoms with Crippen molar-refractivity contribution in [3.63, 3.8) is 0 Å². The second-order valence-corrected chi connectivity index (χ2v) is 6.63. The van der Waals surface area contributed by atoms with Crippen molar-refractivity contribution >= 4 is 27.5 Å². The Hall–Kier alpha value is -0.910. The number of carbonyl (C=O) groups is 1. The zero-order valence-corrected chi connectivity index (χ0v) is 13.0. The van der Waals surface area contributed by atoms with E-state index in [2.05, 4.69) is 31.5 Å². The fourth-order valence-electron chi connectivity index (χ4n) is 3.20. The van der Waals surface area contributed by atoms with E-state index in [0.717, 1.165) is 35.7 Å². The highest BCUT2D eigenvalue weighted by Crippen LogP contribution is 2.24. The number of nitrogens with zero attached hydrogens (tertiary/aromatic N) is 1. The van der Waals surface area contributed by atoms with Gasteiger partial charge in [0.1, 0.15) is 0 Å². The van der Waals surface area contributed by atoms with Crippen molar-refractivity contribution in [1.29, 1.82) is 0 Å². The van der Waals surface area contributed by atoms with Gasteiger partial charge in [0, 0.05) is 29.3 Å². The van der Waals surface area contributed by atoms with E-state index in [0.29, 0.717) is 12.6 Å². The number of likely N-dealkylation sites (tertiary alicyclic amines) is 1. The van der Waals surface area contributed by atoms with Crippen molar-refractivity contribution in [3.05, 3.63) is 28.7 Å². The lowest BCUT2D eigenvalue weighted by atomic mass is 9.94. The Morgan fingerprint density at radius 2 is 2.15 bits per heavy atom. The lowest BCUT2D eigenvalue weighted by molar-refractivity contribution is -0.117. The number of anilines is 1. The molecule has 1 aromatic carbocycles. The molecule has 5 heteroatoms. The number of rotatable bonds is 3. The molecule has 2 aliphatic heterocycles. The van der Waals surface area contributed by atoms with Gasteiger partial charge in [0.25, 0.3) is 0 Å². The Kier molecular flexibility index (Phi) is 4.38. The molecular formula is C15H20BrN3O. The van der Waals surface area contributed by atoms with Gasteiger partial charge in [-0.1, -0.05) is 15.9 Å². The van der Waals surface area contributed by atoms with Gasteiger partial charge in [-0.05, 0) is 49.6 Å². The minimum atomic E-state index is 0.0750. The van der Waals surface area contributed by atoms with Crippen molar-refractivity contribution in [2.75, 3.05) is 31.5 Å². The van der Waals surface area contributed by atoms with Gasteiger partial charge in [-0.25, -0.2) is 0 Å². The van der Waals surface area contributed by atoms with Crippen LogP contribution in [0.5, 0.6) is 0 Å². The summed E-state index contributed by atoms with van der Waals surface area (Å²) in [5, 5.41) is 6.52. The van der Waals surface area contributed by atoms with Crippen molar-refractivity contribution < 1.29 is 4.79 Å². The average Bonchev–Trinajstić information content (AvgIpc) is 2.83. The van der Waals surface area contributed by atoms with Crippen molar-refractivity contribution in [2.45, 2.75) is 18.9 Å². The first-order chi connectivity index (χ1) is 9.70. The summed E-state index contributed by atoms with van der Waals surface area (Å²) in [6.45, 7) is 3.66. The quantitative estimate of drug-likeness (QED) is 0.887. The number of nitrogens with one attached hydrogen (secondary N) is 2. The highest BCUT2D eigenvalue weighted by atomic mass is 79.9. The smallest absolute Gasteiger partial charge is 0.238 e. The molecular weight excluding hydrogens is 318 g/mol. The van der Waals surface area contributed by atoms with E-state index in [-0.39, 0.29) is 5.91 Å². The Bertz CT molecular complexity index is 463. The van der Waals surface area contributed by atoms with Gasteiger partial charge >= 0.3 is 0 Å². The van der Waals surface area contributed by atoms with E-state index >= 15 is 0 Å². The molecule has 0 spiro atoms. The maximum Gasteiger partial charge on any atom is 0.238 e. The van der Waals surface area contributed by atoms with E-state index in [1.165, 1.54) is 12.8 Å². The highest BCUT2D eigenvalue weighted by molar-refractivity contribution is 9.10. The summed E-state index contributed by atoms with van der Waals surface area (Å²) in [6, 6.07) is 8.28. The molecule has 4 nitrogen and oxygen atoms in total. The maximum absolute atomic E-state index is 12.1. The van der Waals surface area contributed by atoms with Crippen LogP contribution in [-0.4, -0.2) is 43.0 Å². The number of benzene rings is 1. The van der Waals surface area contributed by atoms with Crippen LogP contribution in [0, 0.1) is 5.92 Å². The summed E-state index contributed by atoms with van der Waals surface area (Å²) in [7, 11) is 0. The SMILES string of the molecule is O=C(CN1C[C@@H]2CCCN[C@@H]2C1)Nc1ccc(Br)cc1. The van der Waals surface area contributed by atoms with Crippen LogP contribution in [0.15, 0.2) is 28.7 Å². The van der Waals surface area contributed by atoms with Gasteiger partial charge in [0.05, 0.1) is 6.54 Å². The molecule has 2 aliphatic rings. The molecule has 1 amide bonds. The Balaban J connectivity index is 1.50. The maximum atomic E-state index is 12.1. The van der Waals surface area contributed by atoms with Crippen LogP contribution in [-0.2, 0) is 4.79 Å². The summed E-state index contributed by atoms with van der Waals surface area (Å²) in [4.78, 5) is 14.3. The van der Waals surface area contributed by atoms with Crippen molar-refractivity contribution in [2.24, 2.45) is 5.92 Å². The largest absolute Gasteiger partial charge is 0.325 e. The van der Waals surface area contributed by atoms with Crippen LogP contribution < -0.4 is 10.6 Å². The van der Waals surface area contributed by atoms with Gasteiger partial charge in [-0.15, -0.1) is 0 Å². The lowest BCUT2D eigenvalue weighted by Gasteiger charge is -2.24. The Morgan fingerprint density at radius 1 is 1.35 bits per heavy atom. The number of piperidine rings is 1. The fraction of sp³-hybridized carbons (Fsp3) is 0.533. The molecule has 2 N–H and O–H groups in total. The lowest BCUT2D eigenvalue weighted by Crippen LogP contribution is -2.41. The molecule has 0 saturated carbocycles. The molecule has 0 aromatic heterocycles. The minimum absolute atomic E-state index is 0.0750. The first-order valence-corrected chi connectivity index (χ1v) is 8.01. The van der Waals surface area contributed by atoms with E-state index in [1.54, 1.807) is 0 Å². The number of amides is 1. The standard InChI is InChI=1S/C15H20BrN3O/c16-12-3-5-13(6-4-12)18-15(20)10-19-8-11-2-1-7-17-14(11)9-19/h3-6,11,14,17H,1-2,7-10H2,(H,18,20)/t11-,14+/m0/s1.